The number of para-hydroxylation sites is 1. The first kappa shape index (κ1) is 22.3. The number of benzene rings is 2. The van der Waals surface area contributed by atoms with Crippen molar-refractivity contribution in [2.24, 2.45) is 0 Å². The molecule has 3 heterocycles. The highest BCUT2D eigenvalue weighted by Crippen LogP contribution is 2.24. The maximum absolute atomic E-state index is 13.9. The Labute approximate surface area is 201 Å². The smallest absolute Gasteiger partial charge is 0.256 e. The van der Waals surface area contributed by atoms with Gasteiger partial charge >= 0.3 is 0 Å². The standard InChI is InChI=1S/C25H24FN7O2/c1-16(34)32-12-14-33(15-13-32)18-8-6-17(7-9-18)25(35)29-24-19-10-11-22(28-23(19)30-31-24)27-21-5-3-2-4-20(21)26/h2-11H,12-15H2,1H3,(H3,27,28,29,30,31,35). The molecule has 35 heavy (non-hydrogen) atoms. The van der Waals surface area contributed by atoms with Crippen molar-refractivity contribution >= 4 is 45.9 Å². The van der Waals surface area contributed by atoms with Crippen LogP contribution in [0.1, 0.15) is 17.3 Å². The normalized spacial score (nSPS) is 13.7. The van der Waals surface area contributed by atoms with E-state index in [1.165, 1.54) is 6.07 Å². The van der Waals surface area contributed by atoms with Crippen LogP contribution in [0.3, 0.4) is 0 Å². The SMILES string of the molecule is CC(=O)N1CCN(c2ccc(C(=O)Nc3n[nH]c4nc(Nc5ccccc5F)ccc34)cc2)CC1. The molecule has 9 nitrogen and oxygen atoms in total. The summed E-state index contributed by atoms with van der Waals surface area (Å²) in [6.07, 6.45) is 0. The minimum atomic E-state index is -0.378. The van der Waals surface area contributed by atoms with E-state index in [-0.39, 0.29) is 17.6 Å². The number of hydrogen-bond donors (Lipinski definition) is 3. The average molecular weight is 474 g/mol. The van der Waals surface area contributed by atoms with Gasteiger partial charge in [-0.25, -0.2) is 9.37 Å². The number of fused-ring (bicyclic) bond motifs is 1. The zero-order valence-electron chi connectivity index (χ0n) is 19.1. The van der Waals surface area contributed by atoms with Crippen molar-refractivity contribution in [1.29, 1.82) is 0 Å². The van der Waals surface area contributed by atoms with E-state index in [2.05, 4.69) is 30.7 Å². The quantitative estimate of drug-likeness (QED) is 0.408. The fourth-order valence-electron chi connectivity index (χ4n) is 4.05. The second-order valence-corrected chi connectivity index (χ2v) is 8.26. The van der Waals surface area contributed by atoms with Crippen molar-refractivity contribution in [1.82, 2.24) is 20.1 Å². The summed E-state index contributed by atoms with van der Waals surface area (Å²) in [5, 5.41) is 13.4. The van der Waals surface area contributed by atoms with Crippen LogP contribution in [-0.4, -0.2) is 58.1 Å². The first-order chi connectivity index (χ1) is 17.0. The van der Waals surface area contributed by atoms with Crippen molar-refractivity contribution in [3.63, 3.8) is 0 Å². The molecule has 2 amide bonds. The molecule has 0 radical (unpaired) electrons. The van der Waals surface area contributed by atoms with Gasteiger partial charge in [-0.05, 0) is 48.5 Å². The molecule has 1 saturated heterocycles. The summed E-state index contributed by atoms with van der Waals surface area (Å²) in [5.41, 5.74) is 2.28. The van der Waals surface area contributed by atoms with Gasteiger partial charge in [0, 0.05) is 44.4 Å². The second kappa shape index (κ2) is 9.41. The Kier molecular flexibility index (Phi) is 6.01. The number of anilines is 4. The number of carbonyl (C=O) groups excluding carboxylic acids is 2. The number of pyridine rings is 1. The number of carbonyl (C=O) groups is 2. The van der Waals surface area contributed by atoms with Gasteiger partial charge in [0.15, 0.2) is 11.5 Å². The van der Waals surface area contributed by atoms with Gasteiger partial charge in [0.2, 0.25) is 5.91 Å². The lowest BCUT2D eigenvalue weighted by Gasteiger charge is -2.35. The number of H-pyrrole nitrogens is 1. The zero-order valence-corrected chi connectivity index (χ0v) is 19.1. The first-order valence-corrected chi connectivity index (χ1v) is 11.3. The molecule has 2 aromatic carbocycles. The third-order valence-electron chi connectivity index (χ3n) is 6.01. The van der Waals surface area contributed by atoms with Gasteiger partial charge in [0.25, 0.3) is 5.91 Å². The number of hydrogen-bond acceptors (Lipinski definition) is 6. The monoisotopic (exact) mass is 473 g/mol. The number of nitrogens with one attached hydrogen (secondary N) is 3. The van der Waals surface area contributed by atoms with Gasteiger partial charge in [-0.1, -0.05) is 12.1 Å². The topological polar surface area (TPSA) is 106 Å². The highest BCUT2D eigenvalue weighted by Gasteiger charge is 2.19. The molecule has 5 rings (SSSR count). The number of rotatable bonds is 5. The number of amides is 2. The van der Waals surface area contributed by atoms with E-state index in [1.54, 1.807) is 49.4 Å². The Balaban J connectivity index is 1.25. The second-order valence-electron chi connectivity index (χ2n) is 8.26. The Morgan fingerprint density at radius 1 is 0.971 bits per heavy atom. The summed E-state index contributed by atoms with van der Waals surface area (Å²) in [6, 6.07) is 17.1. The van der Waals surface area contributed by atoms with E-state index < -0.39 is 0 Å². The largest absolute Gasteiger partial charge is 0.368 e. The minimum absolute atomic E-state index is 0.0929. The van der Waals surface area contributed by atoms with E-state index >= 15 is 0 Å². The van der Waals surface area contributed by atoms with E-state index in [0.29, 0.717) is 47.0 Å². The van der Waals surface area contributed by atoms with Crippen molar-refractivity contribution in [3.8, 4) is 0 Å². The van der Waals surface area contributed by atoms with Gasteiger partial charge < -0.3 is 20.4 Å². The van der Waals surface area contributed by atoms with Gasteiger partial charge in [-0.15, -0.1) is 0 Å². The summed E-state index contributed by atoms with van der Waals surface area (Å²) in [6.45, 7) is 4.48. The summed E-state index contributed by atoms with van der Waals surface area (Å²) in [5.74, 6) is 0.231. The van der Waals surface area contributed by atoms with E-state index in [9.17, 15) is 14.0 Å². The molecule has 4 aromatic rings. The van der Waals surface area contributed by atoms with Crippen molar-refractivity contribution in [2.45, 2.75) is 6.92 Å². The summed E-state index contributed by atoms with van der Waals surface area (Å²) in [4.78, 5) is 32.8. The molecule has 1 aliphatic rings. The molecular weight excluding hydrogens is 449 g/mol. The first-order valence-electron chi connectivity index (χ1n) is 11.3. The highest BCUT2D eigenvalue weighted by atomic mass is 19.1. The molecule has 0 saturated carbocycles. The van der Waals surface area contributed by atoms with Crippen LogP contribution in [0.15, 0.2) is 60.7 Å². The Hall–Kier alpha value is -4.47. The molecule has 10 heteroatoms. The number of nitrogens with zero attached hydrogens (tertiary/aromatic N) is 4. The van der Waals surface area contributed by atoms with Gasteiger partial charge in [-0.2, -0.15) is 5.10 Å². The number of aromatic amines is 1. The van der Waals surface area contributed by atoms with Crippen LogP contribution in [-0.2, 0) is 4.79 Å². The third kappa shape index (κ3) is 4.77. The summed E-state index contributed by atoms with van der Waals surface area (Å²) < 4.78 is 13.9. The number of piperazine rings is 1. The van der Waals surface area contributed by atoms with Crippen molar-refractivity contribution in [2.75, 3.05) is 41.7 Å². The lowest BCUT2D eigenvalue weighted by Crippen LogP contribution is -2.48. The molecule has 2 aromatic heterocycles. The summed E-state index contributed by atoms with van der Waals surface area (Å²) in [7, 11) is 0. The molecule has 0 aliphatic carbocycles. The van der Waals surface area contributed by atoms with Crippen LogP contribution in [0.2, 0.25) is 0 Å². The van der Waals surface area contributed by atoms with E-state index in [4.69, 9.17) is 0 Å². The lowest BCUT2D eigenvalue weighted by atomic mass is 10.1. The third-order valence-corrected chi connectivity index (χ3v) is 6.01. The van der Waals surface area contributed by atoms with Crippen LogP contribution in [0.25, 0.3) is 11.0 Å². The van der Waals surface area contributed by atoms with Crippen LogP contribution >= 0.6 is 0 Å². The lowest BCUT2D eigenvalue weighted by molar-refractivity contribution is -0.129. The minimum Gasteiger partial charge on any atom is -0.368 e. The van der Waals surface area contributed by atoms with Gasteiger partial charge in [0.1, 0.15) is 11.6 Å². The molecule has 0 spiro atoms. The fraction of sp³-hybridized carbons (Fsp3) is 0.200. The zero-order chi connectivity index (χ0) is 24.4. The molecule has 178 valence electrons. The predicted octanol–water partition coefficient (Wildman–Crippen LogP) is 3.76. The average Bonchev–Trinajstić information content (AvgIpc) is 3.27. The highest BCUT2D eigenvalue weighted by molar-refractivity contribution is 6.07. The number of aromatic nitrogens is 3. The predicted molar refractivity (Wildman–Crippen MR) is 132 cm³/mol. The number of halogens is 1. The van der Waals surface area contributed by atoms with Crippen molar-refractivity contribution < 1.29 is 14.0 Å². The van der Waals surface area contributed by atoms with Crippen LogP contribution < -0.4 is 15.5 Å². The van der Waals surface area contributed by atoms with Gasteiger partial charge in [0.05, 0.1) is 11.1 Å². The van der Waals surface area contributed by atoms with Crippen LogP contribution in [0, 0.1) is 5.82 Å². The Morgan fingerprint density at radius 2 is 1.71 bits per heavy atom. The molecule has 0 atom stereocenters. The van der Waals surface area contributed by atoms with E-state index in [1.807, 2.05) is 17.0 Å². The molecule has 1 fully saturated rings. The van der Waals surface area contributed by atoms with Crippen molar-refractivity contribution in [3.05, 3.63) is 72.0 Å². The van der Waals surface area contributed by atoms with E-state index in [0.717, 1.165) is 18.8 Å². The molecule has 3 N–H and O–H groups in total. The fourth-order valence-corrected chi connectivity index (χ4v) is 4.05. The maximum atomic E-state index is 13.9. The maximum Gasteiger partial charge on any atom is 0.256 e. The molecule has 0 bridgehead atoms. The van der Waals surface area contributed by atoms with Crippen LogP contribution in [0.5, 0.6) is 0 Å². The van der Waals surface area contributed by atoms with Crippen LogP contribution in [0.4, 0.5) is 27.4 Å². The summed E-state index contributed by atoms with van der Waals surface area (Å²) >= 11 is 0. The molecular formula is C25H24FN7O2. The van der Waals surface area contributed by atoms with Gasteiger partial charge in [-0.3, -0.25) is 14.7 Å². The molecule has 1 aliphatic heterocycles. The molecule has 0 unspecified atom stereocenters. The Morgan fingerprint density at radius 3 is 2.43 bits per heavy atom. The Bertz CT molecular complexity index is 1380.